The first-order valence-electron chi connectivity index (χ1n) is 5.99. The number of likely N-dealkylation sites (tertiary alicyclic amines) is 1. The second-order valence-electron chi connectivity index (χ2n) is 5.42. The van der Waals surface area contributed by atoms with Crippen molar-refractivity contribution < 1.29 is 4.39 Å². The van der Waals surface area contributed by atoms with E-state index < -0.39 is 0 Å². The van der Waals surface area contributed by atoms with Crippen LogP contribution in [0.25, 0.3) is 0 Å². The number of aromatic nitrogens is 1. The Hall–Kier alpha value is -0.960. The van der Waals surface area contributed by atoms with Crippen molar-refractivity contribution in [2.45, 2.75) is 25.7 Å². The van der Waals surface area contributed by atoms with E-state index in [0.29, 0.717) is 5.41 Å². The minimum Gasteiger partial charge on any atom is -0.306 e. The average molecular weight is 220 g/mol. The van der Waals surface area contributed by atoms with Gasteiger partial charge in [0.1, 0.15) is 5.82 Å². The lowest BCUT2D eigenvalue weighted by Crippen LogP contribution is -2.38. The van der Waals surface area contributed by atoms with E-state index in [0.717, 1.165) is 37.2 Å². The predicted molar refractivity (Wildman–Crippen MR) is 60.8 cm³/mol. The molecule has 1 saturated heterocycles. The van der Waals surface area contributed by atoms with E-state index in [2.05, 4.69) is 16.9 Å². The molecule has 0 N–H and O–H groups in total. The molecule has 3 heteroatoms. The Labute approximate surface area is 95.5 Å². The summed E-state index contributed by atoms with van der Waals surface area (Å²) in [5.41, 5.74) is 2.66. The summed E-state index contributed by atoms with van der Waals surface area (Å²) in [6.45, 7) is 2.33. The van der Waals surface area contributed by atoms with Gasteiger partial charge in [-0.25, -0.2) is 4.39 Å². The number of rotatable bonds is 0. The van der Waals surface area contributed by atoms with Gasteiger partial charge in [0, 0.05) is 5.69 Å². The Bertz CT molecular complexity index is 408. The van der Waals surface area contributed by atoms with Crippen LogP contribution in [0.15, 0.2) is 12.3 Å². The SMILES string of the molecule is CN1CCC2(CC1)Cc1cc(F)cnc1C2. The number of halogens is 1. The van der Waals surface area contributed by atoms with Gasteiger partial charge < -0.3 is 4.90 Å². The van der Waals surface area contributed by atoms with Gasteiger partial charge >= 0.3 is 0 Å². The lowest BCUT2D eigenvalue weighted by atomic mass is 9.76. The molecular weight excluding hydrogens is 203 g/mol. The molecule has 0 saturated carbocycles. The summed E-state index contributed by atoms with van der Waals surface area (Å²) in [5, 5.41) is 0. The second kappa shape index (κ2) is 3.52. The monoisotopic (exact) mass is 220 g/mol. The maximum Gasteiger partial charge on any atom is 0.141 e. The zero-order chi connectivity index (χ0) is 11.2. The highest BCUT2D eigenvalue weighted by Crippen LogP contribution is 2.43. The van der Waals surface area contributed by atoms with Gasteiger partial charge in [-0.3, -0.25) is 4.98 Å². The lowest BCUT2D eigenvalue weighted by Gasteiger charge is -2.37. The molecule has 0 aromatic carbocycles. The number of piperidine rings is 1. The first-order valence-corrected chi connectivity index (χ1v) is 5.99. The molecule has 0 bridgehead atoms. The van der Waals surface area contributed by atoms with E-state index in [-0.39, 0.29) is 5.82 Å². The number of hydrogen-bond donors (Lipinski definition) is 0. The van der Waals surface area contributed by atoms with Crippen LogP contribution in [0, 0.1) is 11.2 Å². The van der Waals surface area contributed by atoms with E-state index in [4.69, 9.17) is 0 Å². The van der Waals surface area contributed by atoms with E-state index in [1.807, 2.05) is 0 Å². The molecular formula is C13H17FN2. The Morgan fingerprint density at radius 1 is 1.31 bits per heavy atom. The first kappa shape index (κ1) is 10.2. The highest BCUT2D eigenvalue weighted by molar-refractivity contribution is 5.29. The highest BCUT2D eigenvalue weighted by atomic mass is 19.1. The molecule has 2 heterocycles. The molecule has 2 aliphatic rings. The van der Waals surface area contributed by atoms with Crippen molar-refractivity contribution in [2.24, 2.45) is 5.41 Å². The minimum atomic E-state index is -0.191. The van der Waals surface area contributed by atoms with Crippen LogP contribution in [-0.4, -0.2) is 30.0 Å². The van der Waals surface area contributed by atoms with E-state index in [1.54, 1.807) is 6.07 Å². The summed E-state index contributed by atoms with van der Waals surface area (Å²) >= 11 is 0. The fraction of sp³-hybridized carbons (Fsp3) is 0.615. The Kier molecular flexibility index (Phi) is 2.25. The minimum absolute atomic E-state index is 0.191. The summed E-state index contributed by atoms with van der Waals surface area (Å²) < 4.78 is 13.1. The molecule has 1 aromatic rings. The van der Waals surface area contributed by atoms with Crippen LogP contribution in [0.5, 0.6) is 0 Å². The molecule has 1 aromatic heterocycles. The van der Waals surface area contributed by atoms with Crippen LogP contribution in [0.1, 0.15) is 24.1 Å². The third-order valence-corrected chi connectivity index (χ3v) is 4.18. The third-order valence-electron chi connectivity index (χ3n) is 4.18. The van der Waals surface area contributed by atoms with Crippen molar-refractivity contribution in [3.8, 4) is 0 Å². The van der Waals surface area contributed by atoms with Crippen molar-refractivity contribution in [2.75, 3.05) is 20.1 Å². The van der Waals surface area contributed by atoms with Crippen LogP contribution in [0.3, 0.4) is 0 Å². The number of nitrogens with zero attached hydrogens (tertiary/aromatic N) is 2. The van der Waals surface area contributed by atoms with E-state index >= 15 is 0 Å². The maximum atomic E-state index is 13.1. The number of pyridine rings is 1. The fourth-order valence-electron chi connectivity index (χ4n) is 3.09. The predicted octanol–water partition coefficient (Wildman–Crippen LogP) is 2.03. The summed E-state index contributed by atoms with van der Waals surface area (Å²) in [6, 6.07) is 1.68. The summed E-state index contributed by atoms with van der Waals surface area (Å²) in [6.07, 6.45) is 5.88. The molecule has 0 atom stereocenters. The zero-order valence-electron chi connectivity index (χ0n) is 9.67. The summed E-state index contributed by atoms with van der Waals surface area (Å²) in [4.78, 5) is 6.62. The van der Waals surface area contributed by atoms with Crippen molar-refractivity contribution in [3.63, 3.8) is 0 Å². The van der Waals surface area contributed by atoms with Crippen LogP contribution in [-0.2, 0) is 12.8 Å². The summed E-state index contributed by atoms with van der Waals surface area (Å²) in [5.74, 6) is -0.191. The van der Waals surface area contributed by atoms with Gasteiger partial charge in [-0.2, -0.15) is 0 Å². The van der Waals surface area contributed by atoms with Crippen molar-refractivity contribution >= 4 is 0 Å². The largest absolute Gasteiger partial charge is 0.306 e. The molecule has 3 rings (SSSR count). The van der Waals surface area contributed by atoms with Gasteiger partial charge in [-0.05, 0) is 62.9 Å². The van der Waals surface area contributed by atoms with Gasteiger partial charge in [0.25, 0.3) is 0 Å². The Morgan fingerprint density at radius 3 is 2.81 bits per heavy atom. The van der Waals surface area contributed by atoms with Crippen molar-refractivity contribution in [1.29, 1.82) is 0 Å². The second-order valence-corrected chi connectivity index (χ2v) is 5.42. The van der Waals surface area contributed by atoms with Crippen LogP contribution in [0.2, 0.25) is 0 Å². The zero-order valence-corrected chi connectivity index (χ0v) is 9.67. The fourth-order valence-corrected chi connectivity index (χ4v) is 3.09. The van der Waals surface area contributed by atoms with Crippen LogP contribution >= 0.6 is 0 Å². The van der Waals surface area contributed by atoms with Crippen molar-refractivity contribution in [1.82, 2.24) is 9.88 Å². The van der Waals surface area contributed by atoms with Gasteiger partial charge in [0.2, 0.25) is 0 Å². The molecule has 1 aliphatic carbocycles. The normalized spacial score (nSPS) is 23.6. The van der Waals surface area contributed by atoms with Crippen molar-refractivity contribution in [3.05, 3.63) is 29.3 Å². The molecule has 0 unspecified atom stereocenters. The molecule has 2 nitrogen and oxygen atoms in total. The summed E-state index contributed by atoms with van der Waals surface area (Å²) in [7, 11) is 2.17. The van der Waals surface area contributed by atoms with Crippen LogP contribution in [0.4, 0.5) is 4.39 Å². The Balaban J connectivity index is 1.84. The van der Waals surface area contributed by atoms with Crippen LogP contribution < -0.4 is 0 Å². The topological polar surface area (TPSA) is 16.1 Å². The standard InChI is InChI=1S/C13H17FN2/c1-16-4-2-13(3-5-16)7-10-6-11(14)9-15-12(10)8-13/h6,9H,2-5,7-8H2,1H3. The van der Waals surface area contributed by atoms with E-state index in [1.165, 1.54) is 19.0 Å². The molecule has 16 heavy (non-hydrogen) atoms. The Morgan fingerprint density at radius 2 is 2.06 bits per heavy atom. The average Bonchev–Trinajstić information content (AvgIpc) is 2.60. The van der Waals surface area contributed by atoms with Gasteiger partial charge in [0.15, 0.2) is 0 Å². The molecule has 0 radical (unpaired) electrons. The molecule has 0 amide bonds. The van der Waals surface area contributed by atoms with Gasteiger partial charge in [-0.15, -0.1) is 0 Å². The number of fused-ring (bicyclic) bond motifs is 1. The quantitative estimate of drug-likeness (QED) is 0.665. The van der Waals surface area contributed by atoms with Gasteiger partial charge in [-0.1, -0.05) is 0 Å². The van der Waals surface area contributed by atoms with E-state index in [9.17, 15) is 4.39 Å². The number of hydrogen-bond acceptors (Lipinski definition) is 2. The lowest BCUT2D eigenvalue weighted by molar-refractivity contribution is 0.131. The highest BCUT2D eigenvalue weighted by Gasteiger charge is 2.39. The maximum absolute atomic E-state index is 13.1. The third kappa shape index (κ3) is 1.63. The molecule has 1 aliphatic heterocycles. The molecule has 1 fully saturated rings. The molecule has 86 valence electrons. The van der Waals surface area contributed by atoms with Gasteiger partial charge in [0.05, 0.1) is 6.20 Å². The molecule has 1 spiro atoms. The smallest absolute Gasteiger partial charge is 0.141 e. The first-order chi connectivity index (χ1) is 7.67.